The molecular weight excluding hydrogens is 436 g/mol. The predicted octanol–water partition coefficient (Wildman–Crippen LogP) is 6.06. The van der Waals surface area contributed by atoms with Crippen molar-refractivity contribution in [3.05, 3.63) is 77.8 Å². The van der Waals surface area contributed by atoms with Crippen LogP contribution in [0.1, 0.15) is 0 Å². The van der Waals surface area contributed by atoms with Gasteiger partial charge in [-0.05, 0) is 41.1 Å². The lowest BCUT2D eigenvalue weighted by molar-refractivity contribution is 0.122. The summed E-state index contributed by atoms with van der Waals surface area (Å²) >= 11 is 6.58. The van der Waals surface area contributed by atoms with Gasteiger partial charge < -0.3 is 19.4 Å². The molecule has 1 aliphatic rings. The Morgan fingerprint density at radius 2 is 1.67 bits per heavy atom. The number of rotatable bonds is 4. The van der Waals surface area contributed by atoms with Crippen LogP contribution in [0.5, 0.6) is 11.8 Å². The van der Waals surface area contributed by atoms with Crippen molar-refractivity contribution in [2.24, 2.45) is 0 Å². The zero-order chi connectivity index (χ0) is 22.2. The van der Waals surface area contributed by atoms with Crippen LogP contribution in [0, 0.1) is 0 Å². The normalized spacial score (nSPS) is 14.2. The standard InChI is InChI=1S/C26H21ClN4O2/c27-22-16-23-25(29-24(22)18-5-8-20(9-6-18)31-11-13-32-14-12-31)30-26(28-23)33-21-10-7-17-3-1-2-4-19(17)15-21/h1-10,15-16H,11-14H2,(H,28,29,30). The average Bonchev–Trinajstić information content (AvgIpc) is 3.25. The average molecular weight is 457 g/mol. The van der Waals surface area contributed by atoms with Crippen LogP contribution in [0.2, 0.25) is 5.02 Å². The molecule has 33 heavy (non-hydrogen) atoms. The Bertz CT molecular complexity index is 1440. The summed E-state index contributed by atoms with van der Waals surface area (Å²) in [6, 6.07) is 24.6. The summed E-state index contributed by atoms with van der Waals surface area (Å²) < 4.78 is 11.4. The van der Waals surface area contributed by atoms with Crippen LogP contribution in [0.4, 0.5) is 5.69 Å². The first kappa shape index (κ1) is 20.0. The second kappa shape index (κ2) is 8.39. The Morgan fingerprint density at radius 1 is 0.879 bits per heavy atom. The quantitative estimate of drug-likeness (QED) is 0.356. The van der Waals surface area contributed by atoms with E-state index in [1.165, 1.54) is 5.69 Å². The van der Waals surface area contributed by atoms with Crippen molar-refractivity contribution in [2.75, 3.05) is 31.2 Å². The molecule has 0 saturated carbocycles. The topological polar surface area (TPSA) is 63.3 Å². The molecule has 0 amide bonds. The number of anilines is 1. The van der Waals surface area contributed by atoms with Crippen LogP contribution in [-0.2, 0) is 4.74 Å². The van der Waals surface area contributed by atoms with Crippen LogP contribution in [0.25, 0.3) is 33.2 Å². The van der Waals surface area contributed by atoms with Crippen molar-refractivity contribution >= 4 is 39.2 Å². The number of imidazole rings is 1. The molecule has 0 bridgehead atoms. The molecule has 6 rings (SSSR count). The lowest BCUT2D eigenvalue weighted by Crippen LogP contribution is -2.36. The molecule has 0 radical (unpaired) electrons. The molecule has 5 aromatic rings. The van der Waals surface area contributed by atoms with Crippen LogP contribution in [0.15, 0.2) is 72.8 Å². The van der Waals surface area contributed by atoms with Gasteiger partial charge in [0.2, 0.25) is 0 Å². The predicted molar refractivity (Wildman–Crippen MR) is 131 cm³/mol. The number of H-pyrrole nitrogens is 1. The van der Waals surface area contributed by atoms with Gasteiger partial charge in [-0.2, -0.15) is 4.98 Å². The Labute approximate surface area is 195 Å². The first-order chi connectivity index (χ1) is 16.2. The molecule has 7 heteroatoms. The SMILES string of the molecule is Clc1cc2[nH]c(Oc3ccc4ccccc4c3)nc2nc1-c1ccc(N2CCOCC2)cc1. The van der Waals surface area contributed by atoms with Gasteiger partial charge in [-0.15, -0.1) is 0 Å². The number of ether oxygens (including phenoxy) is 2. The fraction of sp³-hybridized carbons (Fsp3) is 0.154. The van der Waals surface area contributed by atoms with E-state index >= 15 is 0 Å². The van der Waals surface area contributed by atoms with Gasteiger partial charge in [-0.3, -0.25) is 0 Å². The number of hydrogen-bond donors (Lipinski definition) is 1. The number of nitrogens with zero attached hydrogens (tertiary/aromatic N) is 3. The second-order valence-electron chi connectivity index (χ2n) is 7.99. The third-order valence-corrected chi connectivity index (χ3v) is 6.15. The van der Waals surface area contributed by atoms with E-state index in [2.05, 4.69) is 39.1 Å². The van der Waals surface area contributed by atoms with E-state index in [1.807, 2.05) is 48.5 Å². The maximum absolute atomic E-state index is 6.58. The molecular formula is C26H21ClN4O2. The van der Waals surface area contributed by atoms with Crippen LogP contribution in [-0.4, -0.2) is 41.3 Å². The highest BCUT2D eigenvalue weighted by Gasteiger charge is 2.15. The Balaban J connectivity index is 1.28. The molecule has 1 N–H and O–H groups in total. The maximum atomic E-state index is 6.58. The molecule has 0 aliphatic carbocycles. The number of hydrogen-bond acceptors (Lipinski definition) is 5. The maximum Gasteiger partial charge on any atom is 0.301 e. The van der Waals surface area contributed by atoms with E-state index < -0.39 is 0 Å². The lowest BCUT2D eigenvalue weighted by Gasteiger charge is -2.28. The van der Waals surface area contributed by atoms with Gasteiger partial charge in [0, 0.05) is 24.3 Å². The van der Waals surface area contributed by atoms with E-state index in [0.717, 1.165) is 48.2 Å². The summed E-state index contributed by atoms with van der Waals surface area (Å²) in [6.07, 6.45) is 0. The third-order valence-electron chi connectivity index (χ3n) is 5.86. The minimum atomic E-state index is 0.378. The zero-order valence-corrected chi connectivity index (χ0v) is 18.5. The highest BCUT2D eigenvalue weighted by atomic mass is 35.5. The van der Waals surface area contributed by atoms with Crippen molar-refractivity contribution < 1.29 is 9.47 Å². The summed E-state index contributed by atoms with van der Waals surface area (Å²) in [5.74, 6) is 0.706. The van der Waals surface area contributed by atoms with E-state index in [-0.39, 0.29) is 0 Å². The van der Waals surface area contributed by atoms with Crippen molar-refractivity contribution in [1.29, 1.82) is 0 Å². The van der Waals surface area contributed by atoms with Crippen LogP contribution < -0.4 is 9.64 Å². The van der Waals surface area contributed by atoms with E-state index in [1.54, 1.807) is 0 Å². The van der Waals surface area contributed by atoms with Gasteiger partial charge in [0.1, 0.15) is 5.75 Å². The zero-order valence-electron chi connectivity index (χ0n) is 17.8. The van der Waals surface area contributed by atoms with Gasteiger partial charge >= 0.3 is 6.01 Å². The lowest BCUT2D eigenvalue weighted by atomic mass is 10.1. The smallest absolute Gasteiger partial charge is 0.301 e. The molecule has 0 spiro atoms. The Morgan fingerprint density at radius 3 is 2.48 bits per heavy atom. The summed E-state index contributed by atoms with van der Waals surface area (Å²) in [5.41, 5.74) is 4.09. The summed E-state index contributed by atoms with van der Waals surface area (Å²) in [6.45, 7) is 3.32. The number of nitrogens with one attached hydrogen (secondary N) is 1. The van der Waals surface area contributed by atoms with Crippen molar-refractivity contribution in [3.63, 3.8) is 0 Å². The second-order valence-corrected chi connectivity index (χ2v) is 8.40. The fourth-order valence-electron chi connectivity index (χ4n) is 4.14. The minimum absolute atomic E-state index is 0.378. The third kappa shape index (κ3) is 3.99. The highest BCUT2D eigenvalue weighted by molar-refractivity contribution is 6.33. The molecule has 164 valence electrons. The van der Waals surface area contributed by atoms with Gasteiger partial charge in [0.25, 0.3) is 0 Å². The Kier molecular flexibility index (Phi) is 5.09. The molecule has 3 heterocycles. The van der Waals surface area contributed by atoms with Gasteiger partial charge in [-0.25, -0.2) is 4.98 Å². The van der Waals surface area contributed by atoms with Crippen molar-refractivity contribution in [1.82, 2.24) is 15.0 Å². The Hall–Kier alpha value is -3.61. The molecule has 0 atom stereocenters. The first-order valence-corrected chi connectivity index (χ1v) is 11.3. The van der Waals surface area contributed by atoms with Gasteiger partial charge in [0.05, 0.1) is 29.4 Å². The summed E-state index contributed by atoms with van der Waals surface area (Å²) in [5, 5.41) is 2.82. The van der Waals surface area contributed by atoms with Crippen LogP contribution >= 0.6 is 11.6 Å². The summed E-state index contributed by atoms with van der Waals surface area (Å²) in [4.78, 5) is 14.7. The van der Waals surface area contributed by atoms with E-state index in [9.17, 15) is 0 Å². The van der Waals surface area contributed by atoms with E-state index in [4.69, 9.17) is 26.1 Å². The molecule has 0 unspecified atom stereocenters. The molecule has 1 fully saturated rings. The molecule has 2 aromatic heterocycles. The highest BCUT2D eigenvalue weighted by Crippen LogP contribution is 2.32. The largest absolute Gasteiger partial charge is 0.426 e. The number of morpholine rings is 1. The number of halogens is 1. The van der Waals surface area contributed by atoms with E-state index in [0.29, 0.717) is 28.1 Å². The van der Waals surface area contributed by atoms with Crippen LogP contribution in [0.3, 0.4) is 0 Å². The minimum Gasteiger partial charge on any atom is -0.426 e. The number of benzene rings is 3. The molecule has 3 aromatic carbocycles. The van der Waals surface area contributed by atoms with Gasteiger partial charge in [-0.1, -0.05) is 54.1 Å². The molecule has 1 saturated heterocycles. The number of fused-ring (bicyclic) bond motifs is 2. The first-order valence-electron chi connectivity index (χ1n) is 10.9. The fourth-order valence-corrected chi connectivity index (χ4v) is 4.40. The molecule has 6 nitrogen and oxygen atoms in total. The summed E-state index contributed by atoms with van der Waals surface area (Å²) in [7, 11) is 0. The number of pyridine rings is 1. The van der Waals surface area contributed by atoms with Crippen molar-refractivity contribution in [2.45, 2.75) is 0 Å². The monoisotopic (exact) mass is 456 g/mol. The molecule has 1 aliphatic heterocycles. The number of aromatic amines is 1. The van der Waals surface area contributed by atoms with Crippen molar-refractivity contribution in [3.8, 4) is 23.0 Å². The van der Waals surface area contributed by atoms with Gasteiger partial charge in [0.15, 0.2) is 5.65 Å². The number of aromatic nitrogens is 3.